The van der Waals surface area contributed by atoms with Crippen molar-refractivity contribution in [2.45, 2.75) is 64.4 Å². The SMILES string of the molecule is CC(C)(C)OC(=O)N[C@H](CNC(=O)CCCCCCl)C(O)O. The van der Waals surface area contributed by atoms with Gasteiger partial charge in [0.05, 0.1) is 0 Å². The Morgan fingerprint density at radius 1 is 1.18 bits per heavy atom. The predicted octanol–water partition coefficient (Wildman–Crippen LogP) is 1.11. The normalized spacial score (nSPS) is 12.9. The minimum absolute atomic E-state index is 0.0920. The molecule has 0 fully saturated rings. The Hall–Kier alpha value is -1.05. The van der Waals surface area contributed by atoms with Crippen molar-refractivity contribution in [2.24, 2.45) is 0 Å². The van der Waals surface area contributed by atoms with Gasteiger partial charge in [0.15, 0.2) is 6.29 Å². The fourth-order valence-corrected chi connectivity index (χ4v) is 1.75. The van der Waals surface area contributed by atoms with E-state index in [0.717, 1.165) is 12.8 Å². The van der Waals surface area contributed by atoms with Crippen molar-refractivity contribution in [2.75, 3.05) is 12.4 Å². The summed E-state index contributed by atoms with van der Waals surface area (Å²) in [6, 6.07) is -1.04. The van der Waals surface area contributed by atoms with Gasteiger partial charge < -0.3 is 25.6 Å². The Morgan fingerprint density at radius 3 is 2.32 bits per heavy atom. The first-order valence-electron chi connectivity index (χ1n) is 7.34. The molecule has 0 unspecified atom stereocenters. The summed E-state index contributed by atoms with van der Waals surface area (Å²) < 4.78 is 5.02. The molecule has 0 radical (unpaired) electrons. The molecule has 0 aromatic rings. The molecular weight excluding hydrogens is 312 g/mol. The Morgan fingerprint density at radius 2 is 1.82 bits per heavy atom. The number of aliphatic hydroxyl groups is 2. The molecule has 0 aliphatic heterocycles. The summed E-state index contributed by atoms with van der Waals surface area (Å²) in [5, 5.41) is 23.3. The number of carbonyl (C=O) groups excluding carboxylic acids is 2. The lowest BCUT2D eigenvalue weighted by Crippen LogP contribution is -2.51. The van der Waals surface area contributed by atoms with Crippen LogP contribution in [-0.2, 0) is 9.53 Å². The maximum atomic E-state index is 11.6. The van der Waals surface area contributed by atoms with Crippen molar-refractivity contribution in [3.8, 4) is 0 Å². The van der Waals surface area contributed by atoms with Crippen LogP contribution in [0.4, 0.5) is 4.79 Å². The zero-order valence-corrected chi connectivity index (χ0v) is 14.2. The van der Waals surface area contributed by atoms with Gasteiger partial charge in [0.25, 0.3) is 0 Å². The van der Waals surface area contributed by atoms with Gasteiger partial charge in [-0.2, -0.15) is 0 Å². The Kier molecular flexibility index (Phi) is 10.1. The van der Waals surface area contributed by atoms with Crippen LogP contribution in [-0.4, -0.2) is 52.6 Å². The summed E-state index contributed by atoms with van der Waals surface area (Å²) in [5.41, 5.74) is -0.694. The van der Waals surface area contributed by atoms with Crippen LogP contribution in [0.1, 0.15) is 46.5 Å². The Balaban J connectivity index is 4.14. The average Bonchev–Trinajstić information content (AvgIpc) is 2.37. The van der Waals surface area contributed by atoms with Crippen molar-refractivity contribution < 1.29 is 24.5 Å². The highest BCUT2D eigenvalue weighted by molar-refractivity contribution is 6.17. The van der Waals surface area contributed by atoms with E-state index < -0.39 is 24.0 Å². The van der Waals surface area contributed by atoms with Crippen LogP contribution in [0.15, 0.2) is 0 Å². The summed E-state index contributed by atoms with van der Waals surface area (Å²) in [6.45, 7) is 4.99. The fraction of sp³-hybridized carbons (Fsp3) is 0.857. The fourth-order valence-electron chi connectivity index (χ4n) is 1.56. The van der Waals surface area contributed by atoms with E-state index in [2.05, 4.69) is 10.6 Å². The minimum atomic E-state index is -1.80. The van der Waals surface area contributed by atoms with Gasteiger partial charge in [-0.05, 0) is 33.6 Å². The maximum Gasteiger partial charge on any atom is 0.408 e. The topological polar surface area (TPSA) is 108 Å². The number of hydrogen-bond acceptors (Lipinski definition) is 5. The molecule has 4 N–H and O–H groups in total. The molecule has 0 aliphatic carbocycles. The predicted molar refractivity (Wildman–Crippen MR) is 83.6 cm³/mol. The Labute approximate surface area is 136 Å². The first-order chi connectivity index (χ1) is 10.2. The number of alkyl halides is 1. The van der Waals surface area contributed by atoms with Crippen molar-refractivity contribution >= 4 is 23.6 Å². The largest absolute Gasteiger partial charge is 0.444 e. The molecule has 0 bridgehead atoms. The van der Waals surface area contributed by atoms with Gasteiger partial charge in [-0.3, -0.25) is 4.79 Å². The van der Waals surface area contributed by atoms with E-state index in [4.69, 9.17) is 16.3 Å². The van der Waals surface area contributed by atoms with Crippen LogP contribution >= 0.6 is 11.6 Å². The van der Waals surface area contributed by atoms with E-state index >= 15 is 0 Å². The number of ether oxygens (including phenoxy) is 1. The van der Waals surface area contributed by atoms with E-state index in [0.29, 0.717) is 18.7 Å². The zero-order valence-electron chi connectivity index (χ0n) is 13.4. The summed E-state index contributed by atoms with van der Waals surface area (Å²) in [6.07, 6.45) is 0.180. The zero-order chi connectivity index (χ0) is 17.2. The number of carbonyl (C=O) groups is 2. The summed E-state index contributed by atoms with van der Waals surface area (Å²) in [7, 11) is 0. The van der Waals surface area contributed by atoms with E-state index in [1.165, 1.54) is 0 Å². The van der Waals surface area contributed by atoms with Gasteiger partial charge in [0.1, 0.15) is 11.6 Å². The van der Waals surface area contributed by atoms with Gasteiger partial charge in [0.2, 0.25) is 5.91 Å². The molecule has 0 aromatic heterocycles. The van der Waals surface area contributed by atoms with Crippen LogP contribution in [0.25, 0.3) is 0 Å². The first-order valence-corrected chi connectivity index (χ1v) is 7.87. The maximum absolute atomic E-state index is 11.6. The monoisotopic (exact) mass is 338 g/mol. The molecule has 0 heterocycles. The van der Waals surface area contributed by atoms with Crippen molar-refractivity contribution in [3.05, 3.63) is 0 Å². The second kappa shape index (κ2) is 10.6. The molecule has 0 aliphatic rings. The minimum Gasteiger partial charge on any atom is -0.444 e. The molecule has 0 spiro atoms. The van der Waals surface area contributed by atoms with Gasteiger partial charge >= 0.3 is 6.09 Å². The number of unbranched alkanes of at least 4 members (excludes halogenated alkanes) is 2. The number of aliphatic hydroxyl groups excluding tert-OH is 1. The second-order valence-corrected chi connectivity index (χ2v) is 6.35. The Bertz CT molecular complexity index is 345. The van der Waals surface area contributed by atoms with Crippen LogP contribution in [0.3, 0.4) is 0 Å². The van der Waals surface area contributed by atoms with Crippen molar-refractivity contribution in [1.82, 2.24) is 10.6 Å². The third-order valence-electron chi connectivity index (χ3n) is 2.62. The van der Waals surface area contributed by atoms with Crippen LogP contribution in [0, 0.1) is 0 Å². The molecule has 0 aromatic carbocycles. The molecule has 8 heteroatoms. The quantitative estimate of drug-likeness (QED) is 0.286. The molecular formula is C14H27ClN2O5. The van der Waals surface area contributed by atoms with Gasteiger partial charge in [-0.15, -0.1) is 11.6 Å². The first kappa shape index (κ1) is 20.9. The highest BCUT2D eigenvalue weighted by atomic mass is 35.5. The highest BCUT2D eigenvalue weighted by Gasteiger charge is 2.23. The molecule has 7 nitrogen and oxygen atoms in total. The van der Waals surface area contributed by atoms with E-state index in [9.17, 15) is 19.8 Å². The van der Waals surface area contributed by atoms with Gasteiger partial charge in [-0.25, -0.2) is 4.79 Å². The molecule has 0 saturated heterocycles. The van der Waals surface area contributed by atoms with Gasteiger partial charge in [0, 0.05) is 18.8 Å². The summed E-state index contributed by atoms with van der Waals surface area (Å²) >= 11 is 5.54. The van der Waals surface area contributed by atoms with E-state index in [-0.39, 0.29) is 12.5 Å². The third-order valence-corrected chi connectivity index (χ3v) is 2.89. The number of halogens is 1. The molecule has 22 heavy (non-hydrogen) atoms. The molecule has 130 valence electrons. The third kappa shape index (κ3) is 11.6. The summed E-state index contributed by atoms with van der Waals surface area (Å²) in [4.78, 5) is 23.2. The number of nitrogens with one attached hydrogen (secondary N) is 2. The number of rotatable bonds is 9. The number of hydrogen-bond donors (Lipinski definition) is 4. The van der Waals surface area contributed by atoms with Crippen molar-refractivity contribution in [3.63, 3.8) is 0 Å². The smallest absolute Gasteiger partial charge is 0.408 e. The standard InChI is InChI=1S/C14H27ClN2O5/c1-14(2,3)22-13(21)17-10(12(19)20)9-16-11(18)7-5-4-6-8-15/h10,12,19-20H,4-9H2,1-3H3,(H,16,18)(H,17,21)/t10-/m1/s1. The second-order valence-electron chi connectivity index (χ2n) is 5.97. The lowest BCUT2D eigenvalue weighted by Gasteiger charge is -2.24. The average molecular weight is 339 g/mol. The van der Waals surface area contributed by atoms with E-state index in [1.807, 2.05) is 0 Å². The van der Waals surface area contributed by atoms with Crippen LogP contribution < -0.4 is 10.6 Å². The molecule has 1 atom stereocenters. The van der Waals surface area contributed by atoms with Gasteiger partial charge in [-0.1, -0.05) is 6.42 Å². The molecule has 0 rings (SSSR count). The summed E-state index contributed by atoms with van der Waals surface area (Å²) in [5.74, 6) is 0.353. The van der Waals surface area contributed by atoms with Crippen LogP contribution in [0.5, 0.6) is 0 Å². The van der Waals surface area contributed by atoms with Crippen molar-refractivity contribution in [1.29, 1.82) is 0 Å². The lowest BCUT2D eigenvalue weighted by atomic mass is 10.2. The van der Waals surface area contributed by atoms with Crippen LogP contribution in [0.2, 0.25) is 0 Å². The van der Waals surface area contributed by atoms with E-state index in [1.54, 1.807) is 20.8 Å². The number of alkyl carbamates (subject to hydrolysis) is 1. The highest BCUT2D eigenvalue weighted by Crippen LogP contribution is 2.07. The molecule has 0 saturated carbocycles. The lowest BCUT2D eigenvalue weighted by molar-refractivity contribution is -0.122. The number of amides is 2. The molecule has 2 amide bonds.